The highest BCUT2D eigenvalue weighted by molar-refractivity contribution is 5.84. The Morgan fingerprint density at radius 1 is 1.11 bits per heavy atom. The highest BCUT2D eigenvalue weighted by Crippen LogP contribution is 2.33. The first-order chi connectivity index (χ1) is 17.9. The maximum absolute atomic E-state index is 13.3. The number of carbonyl (C=O) groups excluding carboxylic acids is 1. The van der Waals surface area contributed by atoms with Crippen LogP contribution in [0.2, 0.25) is 0 Å². The predicted molar refractivity (Wildman–Crippen MR) is 131 cm³/mol. The van der Waals surface area contributed by atoms with Crippen LogP contribution in [-0.2, 0) is 17.8 Å². The van der Waals surface area contributed by atoms with Gasteiger partial charge in [0.2, 0.25) is 11.8 Å². The molecule has 0 saturated carbocycles. The van der Waals surface area contributed by atoms with Gasteiger partial charge in [-0.25, -0.2) is 19.0 Å². The van der Waals surface area contributed by atoms with Crippen LogP contribution in [-0.4, -0.2) is 48.7 Å². The molecule has 3 aromatic heterocycles. The molecule has 0 saturated heterocycles. The molecule has 0 atom stereocenters. The number of hydrogen-bond donors (Lipinski definition) is 2. The minimum Gasteiger partial charge on any atom is -0.439 e. The second-order valence-electron chi connectivity index (χ2n) is 8.72. The number of nitrogen functional groups attached to an aromatic ring is 1. The van der Waals surface area contributed by atoms with Crippen LogP contribution >= 0.6 is 0 Å². The number of rotatable bonds is 6. The molecular weight excluding hydrogens is 479 g/mol. The molecule has 4 N–H and O–H groups in total. The molecule has 11 nitrogen and oxygen atoms in total. The fourth-order valence-electron chi connectivity index (χ4n) is 4.51. The monoisotopic (exact) mass is 500 g/mol. The molecule has 0 fully saturated rings. The molecule has 1 aliphatic heterocycles. The number of amides is 1. The van der Waals surface area contributed by atoms with Crippen LogP contribution in [0.25, 0.3) is 28.2 Å². The summed E-state index contributed by atoms with van der Waals surface area (Å²) in [4.78, 5) is 22.5. The number of halogens is 1. The molecular formula is C25H21FN8O3. The predicted octanol–water partition coefficient (Wildman–Crippen LogP) is 2.83. The van der Waals surface area contributed by atoms with Gasteiger partial charge in [-0.1, -0.05) is 6.07 Å². The fourth-order valence-corrected chi connectivity index (χ4v) is 4.51. The van der Waals surface area contributed by atoms with Crippen LogP contribution in [0.4, 0.5) is 10.2 Å². The van der Waals surface area contributed by atoms with Crippen molar-refractivity contribution in [2.45, 2.75) is 13.0 Å². The lowest BCUT2D eigenvalue weighted by atomic mass is 9.99. The first-order valence-electron chi connectivity index (χ1n) is 11.5. The van der Waals surface area contributed by atoms with E-state index in [0.29, 0.717) is 35.0 Å². The number of nitrogens with two attached hydrogens (primary N) is 2. The van der Waals surface area contributed by atoms with Crippen molar-refractivity contribution in [2.75, 3.05) is 18.8 Å². The second kappa shape index (κ2) is 8.99. The first-order valence-corrected chi connectivity index (χ1v) is 11.5. The summed E-state index contributed by atoms with van der Waals surface area (Å²) in [5.74, 6) is 0.519. The number of fused-ring (bicyclic) bond motifs is 2. The van der Waals surface area contributed by atoms with Crippen LogP contribution in [0.5, 0.6) is 11.6 Å². The summed E-state index contributed by atoms with van der Waals surface area (Å²) in [6.07, 6.45) is 2.38. The lowest BCUT2D eigenvalue weighted by molar-refractivity contribution is -0.119. The van der Waals surface area contributed by atoms with Gasteiger partial charge in [0.05, 0.1) is 18.3 Å². The van der Waals surface area contributed by atoms with E-state index < -0.39 is 0 Å². The van der Waals surface area contributed by atoms with Crippen molar-refractivity contribution in [3.05, 3.63) is 71.7 Å². The van der Waals surface area contributed by atoms with Gasteiger partial charge in [-0.05, 0) is 64.3 Å². The SMILES string of the molecule is NC(=O)CN1CCc2ccc(-n3c(-c4nonc4N)nc4cnc(Oc5ccc(F)cc5)cc43)cc2C1. The van der Waals surface area contributed by atoms with Crippen LogP contribution < -0.4 is 16.2 Å². The second-order valence-corrected chi connectivity index (χ2v) is 8.72. The van der Waals surface area contributed by atoms with Gasteiger partial charge in [-0.3, -0.25) is 14.3 Å². The van der Waals surface area contributed by atoms with E-state index in [9.17, 15) is 9.18 Å². The van der Waals surface area contributed by atoms with Crippen molar-refractivity contribution in [3.63, 3.8) is 0 Å². The number of benzene rings is 2. The Morgan fingerprint density at radius 2 is 1.95 bits per heavy atom. The third-order valence-electron chi connectivity index (χ3n) is 6.20. The third kappa shape index (κ3) is 4.34. The Kier molecular flexibility index (Phi) is 5.49. The number of nitrogens with zero attached hydrogens (tertiary/aromatic N) is 6. The summed E-state index contributed by atoms with van der Waals surface area (Å²) in [6.45, 7) is 1.54. The number of imidazole rings is 1. The van der Waals surface area contributed by atoms with Gasteiger partial charge in [-0.15, -0.1) is 0 Å². The summed E-state index contributed by atoms with van der Waals surface area (Å²) in [6, 6.07) is 13.5. The summed E-state index contributed by atoms with van der Waals surface area (Å²) < 4.78 is 25.9. The zero-order valence-corrected chi connectivity index (χ0v) is 19.5. The first kappa shape index (κ1) is 22.6. The lowest BCUT2D eigenvalue weighted by Gasteiger charge is -2.28. The average Bonchev–Trinajstić information content (AvgIpc) is 3.47. The van der Waals surface area contributed by atoms with Crippen LogP contribution in [0.1, 0.15) is 11.1 Å². The summed E-state index contributed by atoms with van der Waals surface area (Å²) in [5.41, 5.74) is 16.0. The van der Waals surface area contributed by atoms with Gasteiger partial charge < -0.3 is 16.2 Å². The number of hydrogen-bond acceptors (Lipinski definition) is 9. The molecule has 1 aliphatic rings. The van der Waals surface area contributed by atoms with Crippen molar-refractivity contribution in [1.82, 2.24) is 29.7 Å². The smallest absolute Gasteiger partial charge is 0.231 e. The minimum atomic E-state index is -0.363. The number of ether oxygens (including phenoxy) is 1. The summed E-state index contributed by atoms with van der Waals surface area (Å²) in [5, 5.41) is 7.66. The van der Waals surface area contributed by atoms with Crippen molar-refractivity contribution < 1.29 is 18.6 Å². The molecule has 2 aromatic carbocycles. The van der Waals surface area contributed by atoms with E-state index in [1.807, 2.05) is 21.6 Å². The summed E-state index contributed by atoms with van der Waals surface area (Å²) >= 11 is 0. The van der Waals surface area contributed by atoms with Crippen LogP contribution in [0, 0.1) is 5.82 Å². The zero-order chi connectivity index (χ0) is 25.5. The Bertz CT molecular complexity index is 1630. The van der Waals surface area contributed by atoms with E-state index in [2.05, 4.69) is 21.4 Å². The molecule has 0 bridgehead atoms. The maximum Gasteiger partial charge on any atom is 0.231 e. The van der Waals surface area contributed by atoms with Gasteiger partial charge in [0.15, 0.2) is 17.3 Å². The Balaban J connectivity index is 1.47. The molecule has 0 radical (unpaired) electrons. The Hall–Kier alpha value is -4.84. The number of anilines is 1. The van der Waals surface area contributed by atoms with E-state index in [1.165, 1.54) is 29.8 Å². The molecule has 0 spiro atoms. The molecule has 186 valence electrons. The normalized spacial score (nSPS) is 13.5. The number of pyridine rings is 1. The van der Waals surface area contributed by atoms with Crippen molar-refractivity contribution in [3.8, 4) is 28.8 Å². The standard InChI is InChI=1S/C25H21FN8O3/c26-16-2-5-18(6-3-16)36-22-10-20-19(11-29-22)30-25(23-24(28)32-37-31-23)34(20)17-4-1-14-7-8-33(13-21(27)35)12-15(14)9-17/h1-6,9-11H,7-8,12-13H2,(H2,27,35)(H2,28,32). The molecule has 37 heavy (non-hydrogen) atoms. The van der Waals surface area contributed by atoms with E-state index in [4.69, 9.17) is 25.8 Å². The zero-order valence-electron chi connectivity index (χ0n) is 19.5. The molecule has 5 aromatic rings. The largest absolute Gasteiger partial charge is 0.439 e. The Morgan fingerprint density at radius 3 is 2.70 bits per heavy atom. The van der Waals surface area contributed by atoms with Crippen molar-refractivity contribution in [2.24, 2.45) is 5.73 Å². The Labute approximate surface area is 209 Å². The van der Waals surface area contributed by atoms with E-state index in [1.54, 1.807) is 12.3 Å². The minimum absolute atomic E-state index is 0.0953. The molecule has 0 aliphatic carbocycles. The number of carbonyl (C=O) groups is 1. The maximum atomic E-state index is 13.3. The van der Waals surface area contributed by atoms with Gasteiger partial charge in [-0.2, -0.15) is 0 Å². The number of aromatic nitrogens is 5. The quantitative estimate of drug-likeness (QED) is 0.358. The third-order valence-corrected chi connectivity index (χ3v) is 6.20. The highest BCUT2D eigenvalue weighted by atomic mass is 19.1. The van der Waals surface area contributed by atoms with E-state index in [-0.39, 0.29) is 29.8 Å². The average molecular weight is 500 g/mol. The van der Waals surface area contributed by atoms with Gasteiger partial charge in [0.1, 0.15) is 17.1 Å². The molecule has 0 unspecified atom stereocenters. The fraction of sp³-hybridized carbons (Fsp3) is 0.160. The highest BCUT2D eigenvalue weighted by Gasteiger charge is 2.23. The number of primary amides is 1. The molecule has 1 amide bonds. The van der Waals surface area contributed by atoms with Gasteiger partial charge in [0, 0.05) is 24.8 Å². The lowest BCUT2D eigenvalue weighted by Crippen LogP contribution is -2.37. The van der Waals surface area contributed by atoms with Crippen molar-refractivity contribution >= 4 is 22.8 Å². The van der Waals surface area contributed by atoms with Crippen molar-refractivity contribution in [1.29, 1.82) is 0 Å². The van der Waals surface area contributed by atoms with Gasteiger partial charge >= 0.3 is 0 Å². The molecule has 4 heterocycles. The summed E-state index contributed by atoms with van der Waals surface area (Å²) in [7, 11) is 0. The van der Waals surface area contributed by atoms with E-state index in [0.717, 1.165) is 24.2 Å². The topological polar surface area (TPSA) is 151 Å². The van der Waals surface area contributed by atoms with E-state index >= 15 is 0 Å². The molecule has 6 rings (SSSR count). The van der Waals surface area contributed by atoms with Gasteiger partial charge in [0.25, 0.3) is 0 Å². The van der Waals surface area contributed by atoms with Crippen LogP contribution in [0.15, 0.2) is 59.4 Å². The molecule has 12 heteroatoms. The van der Waals surface area contributed by atoms with Crippen LogP contribution in [0.3, 0.4) is 0 Å².